The Morgan fingerprint density at radius 1 is 0.222 bits per heavy atom. The second kappa shape index (κ2) is 74.6. The molecule has 0 spiro atoms. The number of hydrogen-bond acceptors (Lipinski definition) is 5. The van der Waals surface area contributed by atoms with Crippen LogP contribution in [0.15, 0.2) is 0 Å². The first-order valence-corrected chi connectivity index (χ1v) is 0. The van der Waals surface area contributed by atoms with Crippen LogP contribution in [-0.4, -0.2) is 97.7 Å². The average molecular weight is 652 g/mol. The van der Waals surface area contributed by atoms with E-state index in [1.54, 1.807) is 0 Å². The van der Waals surface area contributed by atoms with Crippen molar-refractivity contribution in [1.82, 2.24) is 0 Å². The van der Waals surface area contributed by atoms with Crippen LogP contribution in [-0.2, 0) is 67.5 Å². The Balaban J connectivity index is 0. The summed E-state index contributed by atoms with van der Waals surface area (Å²) in [6.07, 6.45) is 0. The monoisotopic (exact) mass is 649 g/mol. The normalized spacial score (nSPS) is 0. The van der Waals surface area contributed by atoms with Crippen molar-refractivity contribution in [3.8, 4) is 0 Å². The minimum atomic E-state index is 0. The van der Waals surface area contributed by atoms with E-state index in [0.29, 0.717) is 0 Å². The van der Waals surface area contributed by atoms with E-state index in [1.165, 1.54) is 0 Å². The summed E-state index contributed by atoms with van der Waals surface area (Å²) in [6.45, 7) is 0. The molecule has 0 aliphatic carbocycles. The molecule has 0 aliphatic heterocycles. The van der Waals surface area contributed by atoms with Crippen LogP contribution in [0, 0.1) is 0 Å². The molecule has 0 saturated heterocycles. The van der Waals surface area contributed by atoms with Crippen molar-refractivity contribution in [2.45, 2.75) is 0 Å². The van der Waals surface area contributed by atoms with E-state index in [4.69, 9.17) is 0 Å². The maximum absolute atomic E-state index is 0. The predicted molar refractivity (Wildman–Crippen MR) is 66.8 cm³/mol. The molecule has 12 radical (unpaired) electrons. The molecule has 0 bridgehead atoms. The minimum absolute atomic E-state index is 0. The smallest absolute Gasteiger partial charge is 0 e. The van der Waals surface area contributed by atoms with Crippen LogP contribution in [0.4, 0.5) is 0 Å². The van der Waals surface area contributed by atoms with Gasteiger partial charge in [0.2, 0.25) is 0 Å². The summed E-state index contributed by atoms with van der Waals surface area (Å²) >= 11 is 0. The molecule has 0 amide bonds. The Labute approximate surface area is 162 Å². The van der Waals surface area contributed by atoms with Crippen molar-refractivity contribution < 1.29 is 0 Å². The molecule has 0 unspecified atom stereocenters. The topological polar surface area (TPSA) is 0 Å². The summed E-state index contributed by atoms with van der Waals surface area (Å²) < 4.78 is 0. The second-order valence-corrected chi connectivity index (χ2v) is 0. The zero-order valence-corrected chi connectivity index (χ0v) is 18.7. The fourth-order valence-corrected chi connectivity index (χ4v) is 0. The van der Waals surface area contributed by atoms with E-state index in [9.17, 15) is 0 Å². The van der Waals surface area contributed by atoms with Gasteiger partial charge in [-0.15, -0.1) is 0 Å². The van der Waals surface area contributed by atoms with E-state index in [1.807, 2.05) is 0 Å². The van der Waals surface area contributed by atoms with Crippen LogP contribution in [0.2, 0.25) is 0 Å². The Hall–Kier alpha value is 5.02. The van der Waals surface area contributed by atoms with E-state index in [-0.39, 0.29) is 165 Å². The molecule has 0 N–H and O–H groups in total. The van der Waals surface area contributed by atoms with Gasteiger partial charge in [-0.1, -0.05) is 0 Å². The van der Waals surface area contributed by atoms with E-state index >= 15 is 0 Å². The Kier molecular flexibility index (Phi) is 782. The van der Waals surface area contributed by atoms with Crippen LogP contribution in [0.3, 0.4) is 0 Å². The number of rotatable bonds is 0. The molecule has 9 heavy (non-hydrogen) atoms. The summed E-state index contributed by atoms with van der Waals surface area (Å²) in [5, 5.41) is 0. The minimum Gasteiger partial charge on any atom is -0.813 e. The predicted octanol–water partition coefficient (Wildman–Crippen LogP) is -2.87. The molecule has 0 aromatic rings. The third-order valence-electron chi connectivity index (χ3n) is 0. The molecule has 0 aliphatic rings. The summed E-state index contributed by atoms with van der Waals surface area (Å²) in [7, 11) is 0. The standard InChI is InChI=1S/5H2S.4Sb/h5*1H2;;;;/p-5. The molecule has 0 saturated carbocycles. The maximum atomic E-state index is 0. The Morgan fingerprint density at radius 2 is 0.222 bits per heavy atom. The van der Waals surface area contributed by atoms with Gasteiger partial charge in [-0.05, 0) is 0 Å². The van der Waals surface area contributed by atoms with Crippen molar-refractivity contribution in [2.75, 3.05) is 0 Å². The van der Waals surface area contributed by atoms with Crippen molar-refractivity contribution in [1.29, 1.82) is 0 Å². The zero-order valence-electron chi connectivity index (χ0n) is 4.02. The van der Waals surface area contributed by atoms with Gasteiger partial charge in [0.05, 0.1) is 0 Å². The summed E-state index contributed by atoms with van der Waals surface area (Å²) in [5.41, 5.74) is 0. The van der Waals surface area contributed by atoms with Crippen LogP contribution in [0.5, 0.6) is 0 Å². The van der Waals surface area contributed by atoms with Gasteiger partial charge < -0.3 is 67.5 Å². The number of thiol groups is 5. The first-order chi connectivity index (χ1) is 0. The molecule has 9 heteroatoms. The van der Waals surface area contributed by atoms with Crippen LogP contribution in [0.1, 0.15) is 0 Å². The van der Waals surface area contributed by atoms with Gasteiger partial charge in [0.15, 0.2) is 0 Å². The van der Waals surface area contributed by atoms with E-state index in [0.717, 1.165) is 0 Å². The third-order valence-corrected chi connectivity index (χ3v) is 0. The van der Waals surface area contributed by atoms with Crippen LogP contribution in [0.25, 0.3) is 0 Å². The zero-order chi connectivity index (χ0) is 0. The van der Waals surface area contributed by atoms with Crippen molar-refractivity contribution in [3.05, 3.63) is 0 Å². The van der Waals surface area contributed by atoms with Gasteiger partial charge in [0.25, 0.3) is 0 Å². The van der Waals surface area contributed by atoms with Crippen LogP contribution >= 0.6 is 0 Å². The summed E-state index contributed by atoms with van der Waals surface area (Å²) in [5.74, 6) is 0. The molecule has 0 nitrogen and oxygen atoms in total. The molecule has 0 fully saturated rings. The van der Waals surface area contributed by atoms with Gasteiger partial charge in [0.1, 0.15) is 0 Å². The SMILES string of the molecule is [SH-].[SH-].[SH-].[SH-].[SH-].[Sb].[Sb].[Sb].[Sb]. The van der Waals surface area contributed by atoms with E-state index < -0.39 is 0 Å². The number of hydrogen-bond donors (Lipinski definition) is 0. The molecule has 0 aromatic heterocycles. The molecular formula is H5S5Sb4-5. The summed E-state index contributed by atoms with van der Waals surface area (Å²) in [4.78, 5) is 0. The second-order valence-electron chi connectivity index (χ2n) is 0. The first-order valence-electron chi connectivity index (χ1n) is 0. The summed E-state index contributed by atoms with van der Waals surface area (Å²) in [6, 6.07) is 0. The van der Waals surface area contributed by atoms with Gasteiger partial charge in [-0.3, -0.25) is 0 Å². The molecule has 0 heterocycles. The molecule has 60 valence electrons. The molecule has 0 rings (SSSR count). The van der Waals surface area contributed by atoms with E-state index in [2.05, 4.69) is 0 Å². The van der Waals surface area contributed by atoms with Gasteiger partial charge in [0, 0.05) is 97.7 Å². The maximum Gasteiger partial charge on any atom is 0 e. The quantitative estimate of drug-likeness (QED) is 0.157. The van der Waals surface area contributed by atoms with Crippen molar-refractivity contribution >= 4 is 165 Å². The molecule has 0 atom stereocenters. The largest absolute Gasteiger partial charge is 0.813 e. The van der Waals surface area contributed by atoms with Crippen molar-refractivity contribution in [3.63, 3.8) is 0 Å². The first kappa shape index (κ1) is 94.3. The average Bonchev–Trinajstić information content (AvgIpc) is 0. The third kappa shape index (κ3) is 62.7. The van der Waals surface area contributed by atoms with Crippen LogP contribution < -0.4 is 0 Å². The van der Waals surface area contributed by atoms with Gasteiger partial charge in [-0.25, -0.2) is 0 Å². The molecule has 0 aromatic carbocycles. The van der Waals surface area contributed by atoms with Crippen molar-refractivity contribution in [2.24, 2.45) is 0 Å². The Morgan fingerprint density at radius 3 is 0.222 bits per heavy atom. The molecular weight excluding hydrogens is 647 g/mol. The van der Waals surface area contributed by atoms with Gasteiger partial charge >= 0.3 is 0 Å². The fraction of sp³-hybridized carbons (Fsp3) is 0. The fourth-order valence-electron chi connectivity index (χ4n) is 0. The Bertz CT molecular complexity index is 8.92. The van der Waals surface area contributed by atoms with Gasteiger partial charge in [-0.2, -0.15) is 0 Å².